The number of hydrogen-bond donors (Lipinski definition) is 1. The number of aryl methyl sites for hydroxylation is 2. The third kappa shape index (κ3) is 3.78. The Morgan fingerprint density at radius 1 is 1.08 bits per heavy atom. The fourth-order valence-electron chi connectivity index (χ4n) is 2.93. The van der Waals surface area contributed by atoms with Crippen LogP contribution in [0.3, 0.4) is 0 Å². The first-order chi connectivity index (χ1) is 12.5. The number of nitrogens with one attached hydrogen (secondary N) is 1. The number of amides is 1. The Kier molecular flexibility index (Phi) is 5.38. The van der Waals surface area contributed by atoms with E-state index in [4.69, 9.17) is 0 Å². The van der Waals surface area contributed by atoms with Gasteiger partial charge in [-0.25, -0.2) is 5.43 Å². The van der Waals surface area contributed by atoms with Crippen molar-refractivity contribution < 1.29 is 4.79 Å². The summed E-state index contributed by atoms with van der Waals surface area (Å²) in [5, 5.41) is 4.12. The van der Waals surface area contributed by atoms with E-state index in [2.05, 4.69) is 70.0 Å². The highest BCUT2D eigenvalue weighted by Gasteiger charge is 2.11. The molecule has 1 heterocycles. The number of aromatic nitrogens is 1. The molecule has 3 aromatic rings. The molecule has 0 aliphatic rings. The summed E-state index contributed by atoms with van der Waals surface area (Å²) < 4.78 is 3.13. The van der Waals surface area contributed by atoms with E-state index in [1.165, 1.54) is 5.56 Å². The van der Waals surface area contributed by atoms with Crippen LogP contribution in [0.4, 0.5) is 0 Å². The van der Waals surface area contributed by atoms with E-state index in [1.54, 1.807) is 18.3 Å². The first kappa shape index (κ1) is 18.1. The minimum atomic E-state index is -0.235. The monoisotopic (exact) mass is 409 g/mol. The lowest BCUT2D eigenvalue weighted by Gasteiger charge is -2.12. The van der Waals surface area contributed by atoms with Crippen molar-refractivity contribution in [1.82, 2.24) is 9.99 Å². The molecule has 1 amide bonds. The lowest BCUT2D eigenvalue weighted by Crippen LogP contribution is -2.17. The molecule has 0 unspecified atom stereocenters. The van der Waals surface area contributed by atoms with Gasteiger partial charge in [-0.15, -0.1) is 0 Å². The fraction of sp³-hybridized carbons (Fsp3) is 0.143. The first-order valence-corrected chi connectivity index (χ1v) is 9.10. The quantitative estimate of drug-likeness (QED) is 0.481. The summed E-state index contributed by atoms with van der Waals surface area (Å²) >= 11 is 3.36. The summed E-state index contributed by atoms with van der Waals surface area (Å²) in [6, 6.07) is 17.5. The van der Waals surface area contributed by atoms with Crippen molar-refractivity contribution in [1.29, 1.82) is 0 Å². The molecule has 0 bridgehead atoms. The SMILES string of the molecule is Cc1ccccc1-n1c(C)cc(/C=N\NC(=O)c2ccc(Br)cc2)c1C. The third-order valence-corrected chi connectivity index (χ3v) is 4.83. The second-order valence-electron chi connectivity index (χ2n) is 6.15. The van der Waals surface area contributed by atoms with Gasteiger partial charge in [-0.05, 0) is 62.7 Å². The van der Waals surface area contributed by atoms with Crippen molar-refractivity contribution in [3.05, 3.63) is 87.1 Å². The Labute approximate surface area is 161 Å². The van der Waals surface area contributed by atoms with Crippen molar-refractivity contribution in [2.75, 3.05) is 0 Å². The van der Waals surface area contributed by atoms with E-state index < -0.39 is 0 Å². The van der Waals surface area contributed by atoms with Crippen molar-refractivity contribution >= 4 is 28.1 Å². The summed E-state index contributed by atoms with van der Waals surface area (Å²) in [6.07, 6.45) is 1.69. The van der Waals surface area contributed by atoms with Crippen LogP contribution in [0.1, 0.15) is 32.9 Å². The van der Waals surface area contributed by atoms with Crippen LogP contribution in [0.5, 0.6) is 0 Å². The molecule has 0 saturated carbocycles. The summed E-state index contributed by atoms with van der Waals surface area (Å²) in [5.41, 5.74) is 8.69. The van der Waals surface area contributed by atoms with Crippen molar-refractivity contribution in [2.45, 2.75) is 20.8 Å². The zero-order valence-corrected chi connectivity index (χ0v) is 16.5. The van der Waals surface area contributed by atoms with Gasteiger partial charge in [0.15, 0.2) is 0 Å². The van der Waals surface area contributed by atoms with Crippen LogP contribution in [-0.4, -0.2) is 16.7 Å². The zero-order valence-electron chi connectivity index (χ0n) is 15.0. The molecule has 0 spiro atoms. The van der Waals surface area contributed by atoms with Crippen LogP contribution >= 0.6 is 15.9 Å². The van der Waals surface area contributed by atoms with Gasteiger partial charge in [0.05, 0.1) is 6.21 Å². The molecular formula is C21H20BrN3O. The van der Waals surface area contributed by atoms with E-state index in [9.17, 15) is 4.79 Å². The van der Waals surface area contributed by atoms with Gasteiger partial charge in [0.1, 0.15) is 0 Å². The number of benzene rings is 2. The van der Waals surface area contributed by atoms with Gasteiger partial charge in [-0.1, -0.05) is 34.1 Å². The second-order valence-corrected chi connectivity index (χ2v) is 7.07. The number of nitrogens with zero attached hydrogens (tertiary/aromatic N) is 2. The van der Waals surface area contributed by atoms with E-state index in [-0.39, 0.29) is 5.91 Å². The Hall–Kier alpha value is -2.66. The molecule has 132 valence electrons. The molecule has 0 fully saturated rings. The highest BCUT2D eigenvalue weighted by atomic mass is 79.9. The summed E-state index contributed by atoms with van der Waals surface area (Å²) in [5.74, 6) is -0.235. The smallest absolute Gasteiger partial charge is 0.271 e. The Balaban J connectivity index is 1.80. The van der Waals surface area contributed by atoms with Gasteiger partial charge in [0.2, 0.25) is 0 Å². The van der Waals surface area contributed by atoms with Crippen LogP contribution in [0.2, 0.25) is 0 Å². The maximum atomic E-state index is 12.1. The normalized spacial score (nSPS) is 11.1. The van der Waals surface area contributed by atoms with Crippen molar-refractivity contribution in [3.8, 4) is 5.69 Å². The van der Waals surface area contributed by atoms with Gasteiger partial charge in [0.25, 0.3) is 5.91 Å². The summed E-state index contributed by atoms with van der Waals surface area (Å²) in [4.78, 5) is 12.1. The average Bonchev–Trinajstić information content (AvgIpc) is 2.90. The summed E-state index contributed by atoms with van der Waals surface area (Å²) in [6.45, 7) is 6.22. The van der Waals surface area contributed by atoms with Gasteiger partial charge in [-0.3, -0.25) is 4.79 Å². The van der Waals surface area contributed by atoms with E-state index in [0.717, 1.165) is 27.1 Å². The standard InChI is InChI=1S/C21H20BrN3O/c1-14-6-4-5-7-20(14)25-15(2)12-18(16(25)3)13-23-24-21(26)17-8-10-19(22)11-9-17/h4-13H,1-3H3,(H,24,26)/b23-13-. The molecule has 26 heavy (non-hydrogen) atoms. The Morgan fingerprint density at radius 3 is 2.46 bits per heavy atom. The van der Waals surface area contributed by atoms with Crippen molar-refractivity contribution in [3.63, 3.8) is 0 Å². The topological polar surface area (TPSA) is 46.4 Å². The number of hydrogen-bond acceptors (Lipinski definition) is 2. The maximum Gasteiger partial charge on any atom is 0.271 e. The molecule has 2 aromatic carbocycles. The van der Waals surface area contributed by atoms with Crippen LogP contribution < -0.4 is 5.43 Å². The molecule has 4 nitrogen and oxygen atoms in total. The number of para-hydroxylation sites is 1. The summed E-state index contributed by atoms with van der Waals surface area (Å²) in [7, 11) is 0. The van der Waals surface area contributed by atoms with Crippen LogP contribution in [-0.2, 0) is 0 Å². The average molecular weight is 410 g/mol. The molecule has 0 saturated heterocycles. The largest absolute Gasteiger partial charge is 0.318 e. The molecular weight excluding hydrogens is 390 g/mol. The van der Waals surface area contributed by atoms with Gasteiger partial charge in [0, 0.05) is 32.7 Å². The minimum Gasteiger partial charge on any atom is -0.318 e. The highest BCUT2D eigenvalue weighted by Crippen LogP contribution is 2.22. The predicted molar refractivity (Wildman–Crippen MR) is 109 cm³/mol. The molecule has 0 radical (unpaired) electrons. The molecule has 0 aliphatic carbocycles. The number of hydrazone groups is 1. The van der Waals surface area contributed by atoms with Crippen LogP contribution in [0.25, 0.3) is 5.69 Å². The zero-order chi connectivity index (χ0) is 18.7. The predicted octanol–water partition coefficient (Wildman–Crippen LogP) is 4.93. The van der Waals surface area contributed by atoms with Crippen LogP contribution in [0, 0.1) is 20.8 Å². The lowest BCUT2D eigenvalue weighted by molar-refractivity contribution is 0.0955. The number of carbonyl (C=O) groups excluding carboxylic acids is 1. The number of rotatable bonds is 4. The number of carbonyl (C=O) groups is 1. The minimum absolute atomic E-state index is 0.235. The fourth-order valence-corrected chi connectivity index (χ4v) is 3.19. The number of halogens is 1. The van der Waals surface area contributed by atoms with Crippen LogP contribution in [0.15, 0.2) is 64.2 Å². The van der Waals surface area contributed by atoms with Gasteiger partial charge >= 0.3 is 0 Å². The first-order valence-electron chi connectivity index (χ1n) is 8.31. The molecule has 1 aromatic heterocycles. The molecule has 3 rings (SSSR count). The lowest BCUT2D eigenvalue weighted by atomic mass is 10.2. The second kappa shape index (κ2) is 7.70. The van der Waals surface area contributed by atoms with Gasteiger partial charge in [-0.2, -0.15) is 5.10 Å². The molecule has 5 heteroatoms. The van der Waals surface area contributed by atoms with E-state index >= 15 is 0 Å². The maximum absolute atomic E-state index is 12.1. The van der Waals surface area contributed by atoms with E-state index in [0.29, 0.717) is 5.56 Å². The highest BCUT2D eigenvalue weighted by molar-refractivity contribution is 9.10. The Morgan fingerprint density at radius 2 is 1.77 bits per heavy atom. The molecule has 1 N–H and O–H groups in total. The molecule has 0 atom stereocenters. The van der Waals surface area contributed by atoms with Gasteiger partial charge < -0.3 is 4.57 Å². The Bertz CT molecular complexity index is 971. The third-order valence-electron chi connectivity index (χ3n) is 4.30. The van der Waals surface area contributed by atoms with E-state index in [1.807, 2.05) is 24.3 Å². The molecule has 0 aliphatic heterocycles. The van der Waals surface area contributed by atoms with Crippen molar-refractivity contribution in [2.24, 2.45) is 5.10 Å².